The second-order valence-corrected chi connectivity index (χ2v) is 3.49. The number of carbonyl (C=O) groups excluding carboxylic acids is 1. The van der Waals surface area contributed by atoms with Gasteiger partial charge in [0.15, 0.2) is 12.4 Å². The lowest BCUT2D eigenvalue weighted by atomic mass is 10.2. The highest BCUT2D eigenvalue weighted by molar-refractivity contribution is 5.74. The third-order valence-electron chi connectivity index (χ3n) is 2.17. The van der Waals surface area contributed by atoms with Crippen LogP contribution in [0.2, 0.25) is 0 Å². The lowest BCUT2D eigenvalue weighted by Gasteiger charge is -2.25. The van der Waals surface area contributed by atoms with Crippen LogP contribution in [0.5, 0.6) is 0 Å². The molecule has 1 aliphatic rings. The monoisotopic (exact) mass is 214 g/mol. The van der Waals surface area contributed by atoms with Crippen molar-refractivity contribution in [3.8, 4) is 0 Å². The summed E-state index contributed by atoms with van der Waals surface area (Å²) in [6, 6.07) is 0. The normalized spacial score (nSPS) is 23.1. The molecule has 2 unspecified atom stereocenters. The molecule has 1 fully saturated rings. The van der Waals surface area contributed by atoms with Crippen LogP contribution in [-0.2, 0) is 19.0 Å². The van der Waals surface area contributed by atoms with Crippen molar-refractivity contribution < 1.29 is 19.0 Å². The van der Waals surface area contributed by atoms with Gasteiger partial charge in [0.1, 0.15) is 6.61 Å². The van der Waals surface area contributed by atoms with E-state index in [1.54, 1.807) is 6.92 Å². The number of rotatable bonds is 5. The summed E-state index contributed by atoms with van der Waals surface area (Å²) in [7, 11) is 0. The average Bonchev–Trinajstić information content (AvgIpc) is 2.27. The lowest BCUT2D eigenvalue weighted by Crippen LogP contribution is -2.32. The van der Waals surface area contributed by atoms with Gasteiger partial charge in [-0.2, -0.15) is 0 Å². The van der Waals surface area contributed by atoms with Crippen molar-refractivity contribution in [2.24, 2.45) is 0 Å². The number of carbonyl (C=O) groups is 1. The Hall–Kier alpha value is -0.870. The Labute approximate surface area is 90.2 Å². The zero-order chi connectivity index (χ0) is 11.1. The van der Waals surface area contributed by atoms with E-state index in [0.717, 1.165) is 19.3 Å². The molecule has 0 aromatic carbocycles. The van der Waals surface area contributed by atoms with Crippen molar-refractivity contribution in [2.75, 3.05) is 13.2 Å². The minimum Gasteiger partial charge on any atom is -0.460 e. The van der Waals surface area contributed by atoms with Crippen molar-refractivity contribution in [2.45, 2.75) is 38.6 Å². The molecule has 0 aromatic heterocycles. The Morgan fingerprint density at radius 3 is 3.07 bits per heavy atom. The van der Waals surface area contributed by atoms with E-state index >= 15 is 0 Å². The fourth-order valence-electron chi connectivity index (χ4n) is 1.36. The second-order valence-electron chi connectivity index (χ2n) is 3.49. The molecular weight excluding hydrogens is 196 g/mol. The van der Waals surface area contributed by atoms with Gasteiger partial charge in [-0.3, -0.25) is 0 Å². The molecule has 0 saturated carbocycles. The van der Waals surface area contributed by atoms with Gasteiger partial charge in [0, 0.05) is 6.61 Å². The van der Waals surface area contributed by atoms with E-state index in [1.165, 1.54) is 6.08 Å². The summed E-state index contributed by atoms with van der Waals surface area (Å²) in [5, 5.41) is 0. The Balaban J connectivity index is 2.23. The van der Waals surface area contributed by atoms with Crippen molar-refractivity contribution in [3.63, 3.8) is 0 Å². The highest BCUT2D eigenvalue weighted by Crippen LogP contribution is 2.15. The smallest absolute Gasteiger partial charge is 0.335 e. The fraction of sp³-hybridized carbons (Fsp3) is 0.727. The van der Waals surface area contributed by atoms with Gasteiger partial charge in [-0.15, -0.1) is 0 Å². The van der Waals surface area contributed by atoms with E-state index in [0.29, 0.717) is 6.61 Å². The highest BCUT2D eigenvalue weighted by atomic mass is 16.7. The van der Waals surface area contributed by atoms with Crippen molar-refractivity contribution >= 4 is 5.97 Å². The van der Waals surface area contributed by atoms with Crippen LogP contribution < -0.4 is 0 Å². The van der Waals surface area contributed by atoms with Crippen LogP contribution in [0.3, 0.4) is 0 Å². The van der Waals surface area contributed by atoms with Crippen LogP contribution in [0, 0.1) is 0 Å². The minimum absolute atomic E-state index is 0.220. The molecule has 0 N–H and O–H groups in total. The first kappa shape index (κ1) is 12.2. The van der Waals surface area contributed by atoms with Crippen LogP contribution in [0.4, 0.5) is 0 Å². The molecule has 86 valence electrons. The standard InChI is InChI=1S/C11H18O4/c1-3-7-14-11(12)9(2)15-10-6-4-5-8-13-10/h3,9-10H,1,4-8H2,2H3. The Bertz CT molecular complexity index is 209. The van der Waals surface area contributed by atoms with Gasteiger partial charge in [0.05, 0.1) is 0 Å². The zero-order valence-corrected chi connectivity index (χ0v) is 9.11. The Morgan fingerprint density at radius 1 is 1.67 bits per heavy atom. The van der Waals surface area contributed by atoms with Crippen LogP contribution >= 0.6 is 0 Å². The molecule has 1 heterocycles. The summed E-state index contributed by atoms with van der Waals surface area (Å²) in [5.74, 6) is -0.371. The van der Waals surface area contributed by atoms with Crippen LogP contribution in [0.1, 0.15) is 26.2 Å². The van der Waals surface area contributed by atoms with E-state index in [9.17, 15) is 4.79 Å². The molecule has 2 atom stereocenters. The second kappa shape index (κ2) is 6.58. The topological polar surface area (TPSA) is 44.8 Å². The van der Waals surface area contributed by atoms with Crippen molar-refractivity contribution in [1.29, 1.82) is 0 Å². The maximum atomic E-state index is 11.3. The number of hydrogen-bond acceptors (Lipinski definition) is 4. The fourth-order valence-corrected chi connectivity index (χ4v) is 1.36. The molecule has 4 nitrogen and oxygen atoms in total. The Morgan fingerprint density at radius 2 is 2.47 bits per heavy atom. The van der Waals surface area contributed by atoms with Crippen molar-refractivity contribution in [1.82, 2.24) is 0 Å². The molecule has 0 radical (unpaired) electrons. The van der Waals surface area contributed by atoms with Gasteiger partial charge in [-0.1, -0.05) is 12.7 Å². The van der Waals surface area contributed by atoms with E-state index in [-0.39, 0.29) is 18.9 Å². The number of esters is 1. The number of ether oxygens (including phenoxy) is 3. The first-order valence-electron chi connectivity index (χ1n) is 5.28. The van der Waals surface area contributed by atoms with E-state index in [2.05, 4.69) is 6.58 Å². The summed E-state index contributed by atoms with van der Waals surface area (Å²) in [4.78, 5) is 11.3. The summed E-state index contributed by atoms with van der Waals surface area (Å²) in [6.07, 6.45) is 3.69. The summed E-state index contributed by atoms with van der Waals surface area (Å²) < 4.78 is 15.6. The van der Waals surface area contributed by atoms with Gasteiger partial charge < -0.3 is 14.2 Å². The lowest BCUT2D eigenvalue weighted by molar-refractivity contribution is -0.200. The van der Waals surface area contributed by atoms with Gasteiger partial charge in [-0.05, 0) is 26.2 Å². The molecule has 1 aliphatic heterocycles. The van der Waals surface area contributed by atoms with E-state index in [4.69, 9.17) is 14.2 Å². The van der Waals surface area contributed by atoms with Gasteiger partial charge >= 0.3 is 5.97 Å². The largest absolute Gasteiger partial charge is 0.460 e. The molecule has 4 heteroatoms. The van der Waals surface area contributed by atoms with Crippen LogP contribution in [0.15, 0.2) is 12.7 Å². The first-order valence-corrected chi connectivity index (χ1v) is 5.28. The van der Waals surface area contributed by atoms with E-state index < -0.39 is 6.10 Å². The summed E-state index contributed by atoms with van der Waals surface area (Å²) >= 11 is 0. The summed E-state index contributed by atoms with van der Waals surface area (Å²) in [6.45, 7) is 6.06. The van der Waals surface area contributed by atoms with Gasteiger partial charge in [0.25, 0.3) is 0 Å². The third kappa shape index (κ3) is 4.44. The van der Waals surface area contributed by atoms with Gasteiger partial charge in [0.2, 0.25) is 0 Å². The number of hydrogen-bond donors (Lipinski definition) is 0. The predicted octanol–water partition coefficient (Wildman–Crippen LogP) is 1.65. The first-order chi connectivity index (χ1) is 7.24. The molecule has 0 bridgehead atoms. The quantitative estimate of drug-likeness (QED) is 0.515. The molecule has 1 saturated heterocycles. The minimum atomic E-state index is -0.576. The average molecular weight is 214 g/mol. The van der Waals surface area contributed by atoms with Crippen molar-refractivity contribution in [3.05, 3.63) is 12.7 Å². The maximum absolute atomic E-state index is 11.3. The molecule has 0 spiro atoms. The summed E-state index contributed by atoms with van der Waals surface area (Å²) in [5.41, 5.74) is 0. The molecule has 1 rings (SSSR count). The molecule has 0 amide bonds. The molecule has 0 aliphatic carbocycles. The SMILES string of the molecule is C=CCOC(=O)C(C)OC1CCCCO1. The van der Waals surface area contributed by atoms with Crippen LogP contribution in [-0.4, -0.2) is 31.6 Å². The van der Waals surface area contributed by atoms with Crippen LogP contribution in [0.25, 0.3) is 0 Å². The third-order valence-corrected chi connectivity index (χ3v) is 2.17. The molecule has 15 heavy (non-hydrogen) atoms. The maximum Gasteiger partial charge on any atom is 0.335 e. The predicted molar refractivity (Wildman–Crippen MR) is 55.3 cm³/mol. The molecular formula is C11H18O4. The molecule has 0 aromatic rings. The zero-order valence-electron chi connectivity index (χ0n) is 9.11. The van der Waals surface area contributed by atoms with E-state index in [1.807, 2.05) is 0 Å². The Kier molecular flexibility index (Phi) is 5.36. The van der Waals surface area contributed by atoms with Gasteiger partial charge in [-0.25, -0.2) is 4.79 Å². The highest BCUT2D eigenvalue weighted by Gasteiger charge is 2.22.